The van der Waals surface area contributed by atoms with Gasteiger partial charge < -0.3 is 14.6 Å². The first-order valence-corrected chi connectivity index (χ1v) is 12.7. The molecule has 1 saturated heterocycles. The molecule has 33 heavy (non-hydrogen) atoms. The fourth-order valence-corrected chi connectivity index (χ4v) is 5.52. The van der Waals surface area contributed by atoms with Crippen molar-refractivity contribution >= 4 is 28.1 Å². The Morgan fingerprint density at radius 2 is 1.91 bits per heavy atom. The Hall–Kier alpha value is -2.65. The summed E-state index contributed by atoms with van der Waals surface area (Å²) in [6.07, 6.45) is 5.30. The van der Waals surface area contributed by atoms with E-state index in [-0.39, 0.29) is 35.6 Å². The summed E-state index contributed by atoms with van der Waals surface area (Å²) in [6, 6.07) is 7.38. The van der Waals surface area contributed by atoms with Gasteiger partial charge in [-0.1, -0.05) is 37.2 Å². The van der Waals surface area contributed by atoms with Crippen LogP contribution in [-0.2, 0) is 14.8 Å². The molecule has 0 spiro atoms. The first kappa shape index (κ1) is 25.0. The Balaban J connectivity index is 1.68. The third-order valence-corrected chi connectivity index (χ3v) is 7.88. The van der Waals surface area contributed by atoms with E-state index < -0.39 is 10.0 Å². The van der Waals surface area contributed by atoms with Gasteiger partial charge in [0.1, 0.15) is 11.4 Å². The van der Waals surface area contributed by atoms with Crippen LogP contribution in [0.1, 0.15) is 50.1 Å². The topological polar surface area (TPSA) is 102 Å². The summed E-state index contributed by atoms with van der Waals surface area (Å²) in [6.45, 7) is 7.08. The van der Waals surface area contributed by atoms with E-state index in [9.17, 15) is 13.2 Å². The predicted molar refractivity (Wildman–Crippen MR) is 127 cm³/mol. The van der Waals surface area contributed by atoms with Crippen LogP contribution in [-0.4, -0.2) is 50.5 Å². The molecule has 1 amide bonds. The molecule has 180 valence electrons. The highest BCUT2D eigenvalue weighted by molar-refractivity contribution is 7.89. The van der Waals surface area contributed by atoms with E-state index >= 15 is 0 Å². The number of sulfonamides is 1. The molecule has 1 fully saturated rings. The van der Waals surface area contributed by atoms with Crippen LogP contribution in [0.25, 0.3) is 12.2 Å². The molecule has 1 aliphatic rings. The summed E-state index contributed by atoms with van der Waals surface area (Å²) in [7, 11) is -2.20. The molecule has 0 saturated carbocycles. The van der Waals surface area contributed by atoms with Crippen LogP contribution in [0.5, 0.6) is 5.75 Å². The second kappa shape index (κ2) is 11.0. The zero-order valence-electron chi connectivity index (χ0n) is 19.7. The largest absolute Gasteiger partial charge is 0.497 e. The molecule has 1 aromatic heterocycles. The van der Waals surface area contributed by atoms with E-state index in [1.807, 2.05) is 24.3 Å². The quantitative estimate of drug-likeness (QED) is 0.593. The number of ether oxygens (including phenoxy) is 1. The normalized spacial score (nSPS) is 15.9. The molecule has 2 aromatic rings. The second-order valence-corrected chi connectivity index (χ2v) is 10.6. The van der Waals surface area contributed by atoms with E-state index in [0.29, 0.717) is 31.0 Å². The van der Waals surface area contributed by atoms with E-state index in [0.717, 1.165) is 17.7 Å². The standard InChI is InChI=1S/C24H33N3O5S/c1-17(2)11-14-25-24(28)20-12-15-27(16-13-20)33(29,30)23-18(3)26-32-22(23)10-7-19-5-8-21(31-4)9-6-19/h5-10,17,20H,11-16H2,1-4H3,(H,25,28)/b10-7-. The zero-order chi connectivity index (χ0) is 24.0. The van der Waals surface area contributed by atoms with Crippen molar-refractivity contribution in [2.24, 2.45) is 11.8 Å². The van der Waals surface area contributed by atoms with Crippen molar-refractivity contribution in [3.63, 3.8) is 0 Å². The first-order chi connectivity index (χ1) is 15.7. The molecule has 0 bridgehead atoms. The van der Waals surface area contributed by atoms with Crippen LogP contribution < -0.4 is 10.1 Å². The summed E-state index contributed by atoms with van der Waals surface area (Å²) in [5, 5.41) is 6.87. The van der Waals surface area contributed by atoms with Gasteiger partial charge in [-0.15, -0.1) is 0 Å². The van der Waals surface area contributed by atoms with Crippen molar-refractivity contribution in [1.29, 1.82) is 0 Å². The summed E-state index contributed by atoms with van der Waals surface area (Å²) >= 11 is 0. The minimum atomic E-state index is -3.80. The monoisotopic (exact) mass is 475 g/mol. The average molecular weight is 476 g/mol. The number of rotatable bonds is 9. The third kappa shape index (κ3) is 6.23. The zero-order valence-corrected chi connectivity index (χ0v) is 20.5. The Morgan fingerprint density at radius 3 is 2.52 bits per heavy atom. The van der Waals surface area contributed by atoms with Gasteiger partial charge in [-0.2, -0.15) is 4.31 Å². The van der Waals surface area contributed by atoms with Crippen LogP contribution in [0.3, 0.4) is 0 Å². The number of amides is 1. The van der Waals surface area contributed by atoms with E-state index in [1.165, 1.54) is 4.31 Å². The number of nitrogens with zero attached hydrogens (tertiary/aromatic N) is 2. The van der Waals surface area contributed by atoms with Crippen LogP contribution >= 0.6 is 0 Å². The number of hydrogen-bond donors (Lipinski definition) is 1. The Kier molecular flexibility index (Phi) is 8.31. The molecule has 0 aliphatic carbocycles. The van der Waals surface area contributed by atoms with Crippen molar-refractivity contribution in [2.75, 3.05) is 26.7 Å². The molecule has 3 rings (SSSR count). The Bertz CT molecular complexity index is 1070. The van der Waals surface area contributed by atoms with Gasteiger partial charge in [0.15, 0.2) is 10.7 Å². The summed E-state index contributed by atoms with van der Waals surface area (Å²) < 4.78 is 38.7. The lowest BCUT2D eigenvalue weighted by molar-refractivity contribution is -0.126. The maximum absolute atomic E-state index is 13.4. The summed E-state index contributed by atoms with van der Waals surface area (Å²) in [4.78, 5) is 12.5. The highest BCUT2D eigenvalue weighted by Crippen LogP contribution is 2.29. The molecule has 8 nitrogen and oxygen atoms in total. The highest BCUT2D eigenvalue weighted by atomic mass is 32.2. The Morgan fingerprint density at radius 1 is 1.24 bits per heavy atom. The maximum Gasteiger partial charge on any atom is 0.248 e. The van der Waals surface area contributed by atoms with Gasteiger partial charge in [0.2, 0.25) is 15.9 Å². The number of benzene rings is 1. The molecule has 1 aromatic carbocycles. The number of aryl methyl sites for hydroxylation is 1. The molecule has 1 N–H and O–H groups in total. The van der Waals surface area contributed by atoms with Gasteiger partial charge in [-0.05, 0) is 55.9 Å². The molecular formula is C24H33N3O5S. The number of nitrogens with one attached hydrogen (secondary N) is 1. The van der Waals surface area contributed by atoms with Gasteiger partial charge in [-0.3, -0.25) is 4.79 Å². The predicted octanol–water partition coefficient (Wildman–Crippen LogP) is 3.73. The maximum atomic E-state index is 13.4. The van der Waals surface area contributed by atoms with Crippen molar-refractivity contribution in [1.82, 2.24) is 14.8 Å². The van der Waals surface area contributed by atoms with Crippen molar-refractivity contribution in [2.45, 2.75) is 44.9 Å². The minimum Gasteiger partial charge on any atom is -0.497 e. The van der Waals surface area contributed by atoms with Gasteiger partial charge in [0, 0.05) is 25.6 Å². The molecule has 9 heteroatoms. The van der Waals surface area contributed by atoms with E-state index in [2.05, 4.69) is 24.3 Å². The SMILES string of the molecule is COc1ccc(/C=C\c2onc(C)c2S(=O)(=O)N2CCC(C(=O)NCCC(C)C)CC2)cc1. The van der Waals surface area contributed by atoms with Crippen molar-refractivity contribution in [3.8, 4) is 5.75 Å². The fourth-order valence-electron chi connectivity index (χ4n) is 3.80. The first-order valence-electron chi connectivity index (χ1n) is 11.3. The average Bonchev–Trinajstić information content (AvgIpc) is 3.19. The van der Waals surface area contributed by atoms with Crippen LogP contribution in [0.15, 0.2) is 33.7 Å². The number of carbonyl (C=O) groups excluding carboxylic acids is 1. The number of hydrogen-bond acceptors (Lipinski definition) is 6. The van der Waals surface area contributed by atoms with Gasteiger partial charge in [-0.25, -0.2) is 8.42 Å². The fraction of sp³-hybridized carbons (Fsp3) is 0.500. The van der Waals surface area contributed by atoms with Gasteiger partial charge in [0.05, 0.1) is 7.11 Å². The number of methoxy groups -OCH3 is 1. The van der Waals surface area contributed by atoms with Gasteiger partial charge in [0.25, 0.3) is 0 Å². The lowest BCUT2D eigenvalue weighted by Gasteiger charge is -2.30. The summed E-state index contributed by atoms with van der Waals surface area (Å²) in [5.41, 5.74) is 1.19. The number of carbonyl (C=O) groups is 1. The minimum absolute atomic E-state index is 0.0111. The molecule has 2 heterocycles. The molecule has 0 unspecified atom stereocenters. The highest BCUT2D eigenvalue weighted by Gasteiger charge is 2.35. The Labute approximate surface area is 196 Å². The number of aromatic nitrogens is 1. The second-order valence-electron chi connectivity index (χ2n) is 8.72. The van der Waals surface area contributed by atoms with Crippen molar-refractivity contribution in [3.05, 3.63) is 41.3 Å². The van der Waals surface area contributed by atoms with Gasteiger partial charge >= 0.3 is 0 Å². The lowest BCUT2D eigenvalue weighted by atomic mass is 9.97. The van der Waals surface area contributed by atoms with Crippen molar-refractivity contribution < 1.29 is 22.5 Å². The molecule has 1 aliphatic heterocycles. The van der Waals surface area contributed by atoms with Crippen LogP contribution in [0.2, 0.25) is 0 Å². The van der Waals surface area contributed by atoms with Crippen LogP contribution in [0.4, 0.5) is 0 Å². The van der Waals surface area contributed by atoms with E-state index in [1.54, 1.807) is 26.2 Å². The lowest BCUT2D eigenvalue weighted by Crippen LogP contribution is -2.43. The third-order valence-electron chi connectivity index (χ3n) is 5.82. The van der Waals surface area contributed by atoms with Crippen LogP contribution in [0, 0.1) is 18.8 Å². The number of piperidine rings is 1. The smallest absolute Gasteiger partial charge is 0.248 e. The molecule has 0 atom stereocenters. The molecule has 0 radical (unpaired) electrons. The molecular weight excluding hydrogens is 442 g/mol. The van der Waals surface area contributed by atoms with E-state index in [4.69, 9.17) is 9.26 Å². The summed E-state index contributed by atoms with van der Waals surface area (Å²) in [5.74, 6) is 1.30.